The van der Waals surface area contributed by atoms with Gasteiger partial charge in [-0.25, -0.2) is 0 Å². The molecule has 1 saturated heterocycles. The van der Waals surface area contributed by atoms with Crippen LogP contribution < -0.4 is 15.1 Å². The van der Waals surface area contributed by atoms with Crippen LogP contribution in [0.2, 0.25) is 0 Å². The number of hydrogen-bond donors (Lipinski definition) is 1. The highest BCUT2D eigenvalue weighted by molar-refractivity contribution is 5.81. The molecule has 0 spiro atoms. The van der Waals surface area contributed by atoms with E-state index in [2.05, 4.69) is 15.1 Å². The molecule has 2 aromatic rings. The molecule has 1 aromatic carbocycles. The van der Waals surface area contributed by atoms with Crippen molar-refractivity contribution in [1.29, 1.82) is 0 Å². The van der Waals surface area contributed by atoms with E-state index in [4.69, 9.17) is 0 Å². The molecular weight excluding hydrogens is 312 g/mol. The third-order valence-electron chi connectivity index (χ3n) is 3.89. The number of nitrogens with zero attached hydrogens (tertiary/aromatic N) is 3. The first-order valence-electron chi connectivity index (χ1n) is 7.74. The number of hydrogen-bond acceptors (Lipinski definition) is 5. The van der Waals surface area contributed by atoms with Crippen LogP contribution in [0.3, 0.4) is 0 Å². The Labute approximate surface area is 138 Å². The Balaban J connectivity index is 1.46. The zero-order chi connectivity index (χ0) is 16.9. The van der Waals surface area contributed by atoms with E-state index in [1.807, 2.05) is 30.3 Å². The van der Waals surface area contributed by atoms with E-state index in [1.165, 1.54) is 5.56 Å². The van der Waals surface area contributed by atoms with E-state index in [0.29, 0.717) is 13.1 Å². The first kappa shape index (κ1) is 16.0. The first-order chi connectivity index (χ1) is 11.6. The van der Waals surface area contributed by atoms with E-state index >= 15 is 0 Å². The molecule has 0 bridgehead atoms. The molecule has 2 amide bonds. The third-order valence-corrected chi connectivity index (χ3v) is 3.89. The van der Waals surface area contributed by atoms with Crippen molar-refractivity contribution in [2.45, 2.75) is 25.4 Å². The van der Waals surface area contributed by atoms with Crippen molar-refractivity contribution in [2.24, 2.45) is 0 Å². The molecule has 2 heterocycles. The number of rotatable bonds is 6. The lowest BCUT2D eigenvalue weighted by Crippen LogP contribution is -2.47. The molecule has 1 atom stereocenters. The minimum Gasteiger partial charge on any atom is -0.539 e. The number of nitrogens with one attached hydrogen (secondary N) is 1. The number of carbonyl (C=O) groups excluding carboxylic acids is 2. The van der Waals surface area contributed by atoms with Crippen LogP contribution >= 0.6 is 0 Å². The van der Waals surface area contributed by atoms with E-state index in [0.717, 1.165) is 17.3 Å². The summed E-state index contributed by atoms with van der Waals surface area (Å²) in [6.45, 7) is 1.01. The molecule has 1 aromatic heterocycles. The Morgan fingerprint density at radius 1 is 1.42 bits per heavy atom. The molecule has 0 saturated carbocycles. The number of likely N-dealkylation sites (tertiary alicyclic amines) is 1. The number of amides is 2. The van der Waals surface area contributed by atoms with Crippen LogP contribution in [0.5, 0.6) is 5.95 Å². The standard InChI is InChI=1S/C16H18N4O4/c21-14(10-20-11-16(23)24-18-20)17-13-8-15(22)19(9-13)7-6-12-4-2-1-3-5-12/h1-5,11,13H,6-10H2,(H-,17,18,21,23). The average molecular weight is 330 g/mol. The third kappa shape index (κ3) is 4.09. The van der Waals surface area contributed by atoms with Gasteiger partial charge in [0.2, 0.25) is 12.1 Å². The Morgan fingerprint density at radius 3 is 2.92 bits per heavy atom. The summed E-state index contributed by atoms with van der Waals surface area (Å²) in [5, 5.41) is 17.1. The van der Waals surface area contributed by atoms with Gasteiger partial charge < -0.3 is 19.8 Å². The van der Waals surface area contributed by atoms with Gasteiger partial charge in [-0.1, -0.05) is 35.0 Å². The Kier molecular flexibility index (Phi) is 4.74. The SMILES string of the molecule is O=C(C[n+]1cc([O-])on1)NC1CC(=O)N(CCc2ccccc2)C1. The molecule has 0 aliphatic carbocycles. The second kappa shape index (κ2) is 7.12. The molecule has 126 valence electrons. The van der Waals surface area contributed by atoms with Crippen LogP contribution in [0.4, 0.5) is 0 Å². The molecular formula is C16H18N4O4. The average Bonchev–Trinajstić information content (AvgIpc) is 3.11. The summed E-state index contributed by atoms with van der Waals surface area (Å²) in [6, 6.07) is 9.73. The molecule has 1 N–H and O–H groups in total. The fraction of sp³-hybridized carbons (Fsp3) is 0.375. The van der Waals surface area contributed by atoms with Crippen molar-refractivity contribution in [3.8, 4) is 5.95 Å². The van der Waals surface area contributed by atoms with Gasteiger partial charge in [0.1, 0.15) is 5.95 Å². The van der Waals surface area contributed by atoms with Crippen molar-refractivity contribution in [3.05, 3.63) is 42.1 Å². The largest absolute Gasteiger partial charge is 0.539 e. The smallest absolute Gasteiger partial charge is 0.288 e. The van der Waals surface area contributed by atoms with Gasteiger partial charge in [0.15, 0.2) is 0 Å². The van der Waals surface area contributed by atoms with Crippen molar-refractivity contribution in [3.63, 3.8) is 0 Å². The van der Waals surface area contributed by atoms with Crippen molar-refractivity contribution >= 4 is 11.8 Å². The summed E-state index contributed by atoms with van der Waals surface area (Å²) in [5.74, 6) is -0.880. The Bertz CT molecular complexity index is 716. The minimum atomic E-state index is -0.606. The van der Waals surface area contributed by atoms with Crippen LogP contribution in [0.25, 0.3) is 0 Å². The predicted molar refractivity (Wildman–Crippen MR) is 79.4 cm³/mol. The lowest BCUT2D eigenvalue weighted by Gasteiger charge is -2.16. The van der Waals surface area contributed by atoms with Gasteiger partial charge in [-0.05, 0) is 12.0 Å². The van der Waals surface area contributed by atoms with Crippen LogP contribution in [-0.2, 0) is 22.6 Å². The normalized spacial score (nSPS) is 17.2. The topological polar surface area (TPSA) is 102 Å². The van der Waals surface area contributed by atoms with Crippen LogP contribution in [0.15, 0.2) is 41.1 Å². The molecule has 8 nitrogen and oxygen atoms in total. The maximum absolute atomic E-state index is 12.0. The van der Waals surface area contributed by atoms with E-state index in [9.17, 15) is 14.7 Å². The van der Waals surface area contributed by atoms with Gasteiger partial charge >= 0.3 is 0 Å². The second-order valence-corrected chi connectivity index (χ2v) is 5.76. The number of benzene rings is 1. The quantitative estimate of drug-likeness (QED) is 0.684. The summed E-state index contributed by atoms with van der Waals surface area (Å²) in [6.07, 6.45) is 2.18. The van der Waals surface area contributed by atoms with Crippen molar-refractivity contribution in [2.75, 3.05) is 13.1 Å². The monoisotopic (exact) mass is 330 g/mol. The molecule has 3 rings (SSSR count). The fourth-order valence-electron chi connectivity index (χ4n) is 2.75. The summed E-state index contributed by atoms with van der Waals surface area (Å²) >= 11 is 0. The summed E-state index contributed by atoms with van der Waals surface area (Å²) in [5.41, 5.74) is 1.17. The van der Waals surface area contributed by atoms with Crippen LogP contribution in [-0.4, -0.2) is 41.1 Å². The summed E-state index contributed by atoms with van der Waals surface area (Å²) in [4.78, 5) is 25.7. The van der Waals surface area contributed by atoms with Gasteiger partial charge in [0.05, 0.1) is 11.3 Å². The van der Waals surface area contributed by atoms with Gasteiger partial charge in [-0.15, -0.1) is 0 Å². The Hall–Kier alpha value is -2.90. The fourth-order valence-corrected chi connectivity index (χ4v) is 2.75. The lowest BCUT2D eigenvalue weighted by molar-refractivity contribution is -0.751. The summed E-state index contributed by atoms with van der Waals surface area (Å²) < 4.78 is 5.49. The van der Waals surface area contributed by atoms with Gasteiger partial charge in [0.25, 0.3) is 12.5 Å². The van der Waals surface area contributed by atoms with Gasteiger partial charge in [0, 0.05) is 19.5 Å². The van der Waals surface area contributed by atoms with Gasteiger partial charge in [-0.3, -0.25) is 9.59 Å². The van der Waals surface area contributed by atoms with E-state index in [1.54, 1.807) is 4.90 Å². The first-order valence-corrected chi connectivity index (χ1v) is 7.74. The van der Waals surface area contributed by atoms with Crippen molar-refractivity contribution in [1.82, 2.24) is 15.5 Å². The highest BCUT2D eigenvalue weighted by atomic mass is 16.6. The van der Waals surface area contributed by atoms with E-state index < -0.39 is 5.95 Å². The van der Waals surface area contributed by atoms with Crippen molar-refractivity contribution < 1.29 is 23.9 Å². The molecule has 1 unspecified atom stereocenters. The van der Waals surface area contributed by atoms with Gasteiger partial charge in [-0.2, -0.15) is 0 Å². The number of carbonyl (C=O) groups is 2. The van der Waals surface area contributed by atoms with E-state index in [-0.39, 0.29) is 30.8 Å². The maximum atomic E-state index is 12.0. The highest BCUT2D eigenvalue weighted by Gasteiger charge is 2.30. The summed E-state index contributed by atoms with van der Waals surface area (Å²) in [7, 11) is 0. The zero-order valence-corrected chi connectivity index (χ0v) is 13.1. The minimum absolute atomic E-state index is 0.0344. The molecule has 0 radical (unpaired) electrons. The molecule has 1 fully saturated rings. The van der Waals surface area contributed by atoms with Crippen LogP contribution in [0.1, 0.15) is 12.0 Å². The Morgan fingerprint density at radius 2 is 2.21 bits per heavy atom. The maximum Gasteiger partial charge on any atom is 0.288 e. The zero-order valence-electron chi connectivity index (χ0n) is 13.1. The molecule has 24 heavy (non-hydrogen) atoms. The highest BCUT2D eigenvalue weighted by Crippen LogP contribution is 2.12. The molecule has 1 aliphatic rings. The second-order valence-electron chi connectivity index (χ2n) is 5.76. The predicted octanol–water partition coefficient (Wildman–Crippen LogP) is -1.00. The molecule has 1 aliphatic heterocycles. The lowest BCUT2D eigenvalue weighted by atomic mass is 10.1. The molecule has 8 heteroatoms. The van der Waals surface area contributed by atoms with Crippen LogP contribution in [0, 0.1) is 0 Å². The number of aromatic nitrogens is 2.